The number of carboxylic acids is 1. The van der Waals surface area contributed by atoms with E-state index in [0.717, 1.165) is 11.4 Å². The van der Waals surface area contributed by atoms with Crippen molar-refractivity contribution in [3.63, 3.8) is 0 Å². The maximum atomic E-state index is 10.9. The SMILES string of the molecule is COc1ccc(Nc2ccc(C(=O)O)c(C)n2)cc1. The van der Waals surface area contributed by atoms with Crippen molar-refractivity contribution >= 4 is 17.5 Å². The Morgan fingerprint density at radius 2 is 1.89 bits per heavy atom. The molecule has 0 spiro atoms. The lowest BCUT2D eigenvalue weighted by Gasteiger charge is -2.08. The number of rotatable bonds is 4. The standard InChI is InChI=1S/C14H14N2O3/c1-9-12(14(17)18)7-8-13(15-9)16-10-3-5-11(19-2)6-4-10/h3-8H,1-2H3,(H,15,16)(H,17,18). The number of carboxylic acid groups (broad SMARTS) is 1. The third-order valence-corrected chi connectivity index (χ3v) is 2.68. The predicted molar refractivity (Wildman–Crippen MR) is 72.2 cm³/mol. The molecule has 0 aliphatic carbocycles. The Kier molecular flexibility index (Phi) is 3.66. The summed E-state index contributed by atoms with van der Waals surface area (Å²) in [6.07, 6.45) is 0. The Balaban J connectivity index is 2.18. The minimum atomic E-state index is -0.971. The smallest absolute Gasteiger partial charge is 0.337 e. The summed E-state index contributed by atoms with van der Waals surface area (Å²) in [4.78, 5) is 15.1. The van der Waals surface area contributed by atoms with Crippen LogP contribution in [0.2, 0.25) is 0 Å². The van der Waals surface area contributed by atoms with E-state index in [1.165, 1.54) is 6.07 Å². The number of pyridine rings is 1. The van der Waals surface area contributed by atoms with E-state index in [-0.39, 0.29) is 5.56 Å². The zero-order chi connectivity index (χ0) is 13.8. The second-order valence-electron chi connectivity index (χ2n) is 3.99. The number of aromatic carboxylic acids is 1. The molecule has 1 aromatic carbocycles. The van der Waals surface area contributed by atoms with Crippen molar-refractivity contribution in [3.8, 4) is 5.75 Å². The third-order valence-electron chi connectivity index (χ3n) is 2.68. The number of nitrogens with one attached hydrogen (secondary N) is 1. The van der Waals surface area contributed by atoms with Gasteiger partial charge < -0.3 is 15.2 Å². The zero-order valence-corrected chi connectivity index (χ0v) is 10.7. The summed E-state index contributed by atoms with van der Waals surface area (Å²) in [6.45, 7) is 1.67. The molecule has 0 fully saturated rings. The number of aromatic nitrogens is 1. The van der Waals surface area contributed by atoms with Gasteiger partial charge in [0.1, 0.15) is 11.6 Å². The van der Waals surface area contributed by atoms with Crippen molar-refractivity contribution < 1.29 is 14.6 Å². The van der Waals surface area contributed by atoms with E-state index < -0.39 is 5.97 Å². The topological polar surface area (TPSA) is 71.5 Å². The highest BCUT2D eigenvalue weighted by Crippen LogP contribution is 2.19. The Morgan fingerprint density at radius 1 is 1.21 bits per heavy atom. The van der Waals surface area contributed by atoms with Crippen molar-refractivity contribution in [2.24, 2.45) is 0 Å². The van der Waals surface area contributed by atoms with E-state index in [2.05, 4.69) is 10.3 Å². The Labute approximate surface area is 110 Å². The number of ether oxygens (including phenoxy) is 1. The summed E-state index contributed by atoms with van der Waals surface area (Å²) in [5.41, 5.74) is 1.54. The molecule has 0 radical (unpaired) electrons. The van der Waals surface area contributed by atoms with Crippen LogP contribution in [0.4, 0.5) is 11.5 Å². The first kappa shape index (κ1) is 12.9. The van der Waals surface area contributed by atoms with Gasteiger partial charge in [0.2, 0.25) is 0 Å². The van der Waals surface area contributed by atoms with E-state index in [1.54, 1.807) is 20.1 Å². The summed E-state index contributed by atoms with van der Waals surface area (Å²) in [5.74, 6) is 0.407. The number of anilines is 2. The lowest BCUT2D eigenvalue weighted by atomic mass is 10.2. The number of benzene rings is 1. The van der Waals surface area contributed by atoms with Gasteiger partial charge in [-0.2, -0.15) is 0 Å². The van der Waals surface area contributed by atoms with Crippen LogP contribution in [0, 0.1) is 6.92 Å². The number of hydrogen-bond donors (Lipinski definition) is 2. The van der Waals surface area contributed by atoms with Crippen molar-refractivity contribution in [2.45, 2.75) is 6.92 Å². The molecule has 0 aliphatic rings. The van der Waals surface area contributed by atoms with Crippen molar-refractivity contribution in [1.82, 2.24) is 4.98 Å². The van der Waals surface area contributed by atoms with Crippen LogP contribution in [0.1, 0.15) is 16.1 Å². The summed E-state index contributed by atoms with van der Waals surface area (Å²) in [6, 6.07) is 10.6. The second kappa shape index (κ2) is 5.39. The van der Waals surface area contributed by atoms with E-state index >= 15 is 0 Å². The molecule has 0 saturated heterocycles. The van der Waals surface area contributed by atoms with Gasteiger partial charge in [0.15, 0.2) is 0 Å². The predicted octanol–water partition coefficient (Wildman–Crippen LogP) is 2.84. The highest BCUT2D eigenvalue weighted by Gasteiger charge is 2.08. The van der Waals surface area contributed by atoms with Gasteiger partial charge in [-0.15, -0.1) is 0 Å². The van der Waals surface area contributed by atoms with Crippen molar-refractivity contribution in [2.75, 3.05) is 12.4 Å². The molecule has 0 atom stereocenters. The van der Waals surface area contributed by atoms with E-state index in [9.17, 15) is 4.79 Å². The number of nitrogens with zero attached hydrogens (tertiary/aromatic N) is 1. The monoisotopic (exact) mass is 258 g/mol. The lowest BCUT2D eigenvalue weighted by molar-refractivity contribution is 0.0695. The molecule has 2 rings (SSSR count). The fraction of sp³-hybridized carbons (Fsp3) is 0.143. The molecule has 19 heavy (non-hydrogen) atoms. The quantitative estimate of drug-likeness (QED) is 0.882. The molecule has 1 aromatic heterocycles. The highest BCUT2D eigenvalue weighted by molar-refractivity contribution is 5.89. The van der Waals surface area contributed by atoms with Gasteiger partial charge in [0.05, 0.1) is 18.4 Å². The first-order chi connectivity index (χ1) is 9.10. The molecule has 0 unspecified atom stereocenters. The van der Waals surface area contributed by atoms with E-state index in [1.807, 2.05) is 24.3 Å². The van der Waals surface area contributed by atoms with E-state index in [4.69, 9.17) is 9.84 Å². The molecule has 5 heteroatoms. The summed E-state index contributed by atoms with van der Waals surface area (Å²) in [7, 11) is 1.61. The van der Waals surface area contributed by atoms with Crippen LogP contribution in [0.5, 0.6) is 5.75 Å². The minimum Gasteiger partial charge on any atom is -0.497 e. The van der Waals surface area contributed by atoms with Crippen LogP contribution in [-0.2, 0) is 0 Å². The lowest BCUT2D eigenvalue weighted by Crippen LogP contribution is -2.03. The van der Waals surface area contributed by atoms with Gasteiger partial charge in [-0.3, -0.25) is 0 Å². The van der Waals surface area contributed by atoms with Gasteiger partial charge in [-0.05, 0) is 43.3 Å². The summed E-state index contributed by atoms with van der Waals surface area (Å²) < 4.78 is 5.07. The maximum Gasteiger partial charge on any atom is 0.337 e. The Bertz CT molecular complexity index is 594. The minimum absolute atomic E-state index is 0.209. The van der Waals surface area contributed by atoms with Gasteiger partial charge in [-0.1, -0.05) is 0 Å². The molecule has 0 saturated carbocycles. The molecule has 0 bridgehead atoms. The van der Waals surface area contributed by atoms with Crippen LogP contribution in [-0.4, -0.2) is 23.2 Å². The molecule has 2 aromatic rings. The highest BCUT2D eigenvalue weighted by atomic mass is 16.5. The van der Waals surface area contributed by atoms with Crippen LogP contribution in [0.25, 0.3) is 0 Å². The number of hydrogen-bond acceptors (Lipinski definition) is 4. The largest absolute Gasteiger partial charge is 0.497 e. The van der Waals surface area contributed by atoms with Crippen LogP contribution in [0.3, 0.4) is 0 Å². The molecule has 2 N–H and O–H groups in total. The molecule has 1 heterocycles. The average Bonchev–Trinajstić information content (AvgIpc) is 2.39. The summed E-state index contributed by atoms with van der Waals surface area (Å²) >= 11 is 0. The van der Waals surface area contributed by atoms with Crippen molar-refractivity contribution in [3.05, 3.63) is 47.7 Å². The second-order valence-corrected chi connectivity index (χ2v) is 3.99. The van der Waals surface area contributed by atoms with Gasteiger partial charge in [0, 0.05) is 5.69 Å². The van der Waals surface area contributed by atoms with Crippen LogP contribution < -0.4 is 10.1 Å². The molecule has 98 valence electrons. The molecule has 0 amide bonds. The van der Waals surface area contributed by atoms with Gasteiger partial charge >= 0.3 is 5.97 Å². The fourth-order valence-corrected chi connectivity index (χ4v) is 1.68. The van der Waals surface area contributed by atoms with Gasteiger partial charge in [0.25, 0.3) is 0 Å². The Hall–Kier alpha value is -2.56. The Morgan fingerprint density at radius 3 is 2.42 bits per heavy atom. The zero-order valence-electron chi connectivity index (χ0n) is 10.7. The maximum absolute atomic E-state index is 10.9. The number of methoxy groups -OCH3 is 1. The normalized spacial score (nSPS) is 10.0. The van der Waals surface area contributed by atoms with E-state index in [0.29, 0.717) is 11.5 Å². The molecular weight excluding hydrogens is 244 g/mol. The van der Waals surface area contributed by atoms with Crippen molar-refractivity contribution in [1.29, 1.82) is 0 Å². The number of aryl methyl sites for hydroxylation is 1. The van der Waals surface area contributed by atoms with Crippen LogP contribution >= 0.6 is 0 Å². The third kappa shape index (κ3) is 3.01. The molecular formula is C14H14N2O3. The molecule has 5 nitrogen and oxygen atoms in total. The molecule has 0 aliphatic heterocycles. The van der Waals surface area contributed by atoms with Crippen LogP contribution in [0.15, 0.2) is 36.4 Å². The fourth-order valence-electron chi connectivity index (χ4n) is 1.68. The first-order valence-corrected chi connectivity index (χ1v) is 5.72. The summed E-state index contributed by atoms with van der Waals surface area (Å²) in [5, 5.41) is 12.0. The average molecular weight is 258 g/mol. The van der Waals surface area contributed by atoms with Gasteiger partial charge in [-0.25, -0.2) is 9.78 Å². The first-order valence-electron chi connectivity index (χ1n) is 5.72. The number of carbonyl (C=O) groups is 1.